The average molecular weight is 243 g/mol. The fourth-order valence-corrected chi connectivity index (χ4v) is 7.05. The summed E-state index contributed by atoms with van der Waals surface area (Å²) in [5, 5.41) is 0.886. The van der Waals surface area contributed by atoms with Crippen molar-refractivity contribution in [2.75, 3.05) is 6.54 Å². The topological polar surface area (TPSA) is 12.4 Å². The maximum atomic E-state index is 4.71. The highest BCUT2D eigenvalue weighted by Gasteiger charge is 2.26. The van der Waals surface area contributed by atoms with Crippen LogP contribution >= 0.6 is 11.2 Å². The van der Waals surface area contributed by atoms with Crippen molar-refractivity contribution >= 4 is 24.1 Å². The summed E-state index contributed by atoms with van der Waals surface area (Å²) in [6, 6.07) is 0. The zero-order valence-electron chi connectivity index (χ0n) is 10.7. The molecule has 0 heterocycles. The molecule has 0 spiro atoms. The van der Waals surface area contributed by atoms with Crippen LogP contribution in [0.15, 0.2) is 4.99 Å². The lowest BCUT2D eigenvalue weighted by atomic mass is 10.3. The lowest BCUT2D eigenvalue weighted by Crippen LogP contribution is -2.19. The van der Waals surface area contributed by atoms with Crippen LogP contribution in [0.25, 0.3) is 0 Å². The van der Waals surface area contributed by atoms with Crippen molar-refractivity contribution in [1.82, 2.24) is 0 Å². The van der Waals surface area contributed by atoms with Crippen LogP contribution in [0.2, 0.25) is 19.6 Å². The van der Waals surface area contributed by atoms with Crippen LogP contribution in [0.5, 0.6) is 0 Å². The third-order valence-electron chi connectivity index (χ3n) is 2.59. The van der Waals surface area contributed by atoms with Crippen molar-refractivity contribution in [3.05, 3.63) is 0 Å². The summed E-state index contributed by atoms with van der Waals surface area (Å²) in [4.78, 5) is 4.71. The first-order valence-corrected chi connectivity index (χ1v) is 11.3. The van der Waals surface area contributed by atoms with E-state index in [1.165, 1.54) is 37.8 Å². The van der Waals surface area contributed by atoms with E-state index in [0.29, 0.717) is 0 Å². The molecule has 1 nitrogen and oxygen atoms in total. The first-order valence-electron chi connectivity index (χ1n) is 6.21. The van der Waals surface area contributed by atoms with E-state index in [1.807, 2.05) is 0 Å². The molecule has 0 N–H and O–H groups in total. The number of aliphatic imine (C=N–C) groups is 1. The highest BCUT2D eigenvalue weighted by atomic mass is 32.4. The van der Waals surface area contributed by atoms with Crippen LogP contribution in [0.4, 0.5) is 0 Å². The summed E-state index contributed by atoms with van der Waals surface area (Å²) >= 11 is 2.27. The molecular weight excluding hydrogens is 218 g/mol. The van der Waals surface area contributed by atoms with Crippen LogP contribution in [0.1, 0.15) is 39.0 Å². The van der Waals surface area contributed by atoms with Gasteiger partial charge < -0.3 is 0 Å². The van der Waals surface area contributed by atoms with Crippen LogP contribution in [0, 0.1) is 0 Å². The summed E-state index contributed by atoms with van der Waals surface area (Å²) in [6.45, 7) is 10.6. The molecule has 0 aromatic heterocycles. The maximum absolute atomic E-state index is 4.71. The second kappa shape index (κ2) is 6.09. The molecular formula is C12H25NSSi. The number of unbranched alkanes of at least 4 members (excludes halogenated alkanes) is 1. The predicted octanol–water partition coefficient (Wildman–Crippen LogP) is 4.35. The molecule has 1 aliphatic carbocycles. The van der Waals surface area contributed by atoms with Crippen LogP contribution in [-0.2, 0) is 0 Å². The fourth-order valence-electron chi connectivity index (χ4n) is 1.93. The zero-order valence-corrected chi connectivity index (χ0v) is 12.5. The Hall–Kier alpha value is 0.237. The maximum Gasteiger partial charge on any atom is 0.108 e. The Kier molecular flexibility index (Phi) is 5.40. The predicted molar refractivity (Wildman–Crippen MR) is 75.8 cm³/mol. The number of nitrogens with zero attached hydrogens (tertiary/aromatic N) is 1. The molecule has 88 valence electrons. The summed E-state index contributed by atoms with van der Waals surface area (Å²) < 4.78 is 0. The van der Waals surface area contributed by atoms with Gasteiger partial charge in [0.15, 0.2) is 0 Å². The summed E-state index contributed by atoms with van der Waals surface area (Å²) in [7, 11) is -0.928. The van der Waals surface area contributed by atoms with Gasteiger partial charge in [0, 0.05) is 17.5 Å². The third kappa shape index (κ3) is 5.76. The minimum absolute atomic E-state index is 0.886. The molecule has 0 radical (unpaired) electrons. The van der Waals surface area contributed by atoms with Crippen LogP contribution in [0.3, 0.4) is 0 Å². The van der Waals surface area contributed by atoms with E-state index in [9.17, 15) is 0 Å². The van der Waals surface area contributed by atoms with E-state index < -0.39 is 7.22 Å². The normalized spacial score (nSPS) is 25.1. The molecule has 3 heteroatoms. The van der Waals surface area contributed by atoms with Crippen molar-refractivity contribution in [2.24, 2.45) is 4.99 Å². The van der Waals surface area contributed by atoms with Crippen molar-refractivity contribution in [3.63, 3.8) is 0 Å². The molecule has 0 aromatic carbocycles. The monoisotopic (exact) mass is 243 g/mol. The second-order valence-corrected chi connectivity index (χ2v) is 14.9. The van der Waals surface area contributed by atoms with Gasteiger partial charge in [-0.25, -0.2) is 0 Å². The molecule has 0 saturated heterocycles. The van der Waals surface area contributed by atoms with Gasteiger partial charge >= 0.3 is 0 Å². The molecule has 1 rings (SSSR count). The largest absolute Gasteiger partial charge is 0.294 e. The first-order chi connectivity index (χ1) is 7.01. The van der Waals surface area contributed by atoms with Gasteiger partial charge in [-0.2, -0.15) is 11.2 Å². The Labute approximate surface area is 99.8 Å². The van der Waals surface area contributed by atoms with Gasteiger partial charge in [-0.1, -0.05) is 33.0 Å². The van der Waals surface area contributed by atoms with Crippen molar-refractivity contribution in [1.29, 1.82) is 0 Å². The number of hydrogen-bond donors (Lipinski definition) is 0. The van der Waals surface area contributed by atoms with Gasteiger partial charge in [-0.3, -0.25) is 4.99 Å². The van der Waals surface area contributed by atoms with Gasteiger partial charge in [0.2, 0.25) is 0 Å². The molecule has 1 aliphatic rings. The van der Waals surface area contributed by atoms with Crippen molar-refractivity contribution < 1.29 is 0 Å². The molecule has 0 aliphatic heterocycles. The van der Waals surface area contributed by atoms with E-state index >= 15 is 0 Å². The number of rotatable bonds is 5. The highest BCUT2D eigenvalue weighted by molar-refractivity contribution is 8.29. The summed E-state index contributed by atoms with van der Waals surface area (Å²) in [6.07, 6.45) is 6.45. The Morgan fingerprint density at radius 3 is 2.73 bits per heavy atom. The number of hydrogen-bond acceptors (Lipinski definition) is 2. The molecule has 1 atom stereocenters. The minimum Gasteiger partial charge on any atom is -0.294 e. The van der Waals surface area contributed by atoms with Gasteiger partial charge in [-0.15, -0.1) is 0 Å². The Morgan fingerprint density at radius 2 is 2.13 bits per heavy atom. The zero-order chi connectivity index (χ0) is 11.3. The van der Waals surface area contributed by atoms with E-state index in [4.69, 9.17) is 4.99 Å². The van der Waals surface area contributed by atoms with E-state index in [-0.39, 0.29) is 0 Å². The smallest absolute Gasteiger partial charge is 0.108 e. The van der Waals surface area contributed by atoms with Gasteiger partial charge in [0.05, 0.1) is 0 Å². The van der Waals surface area contributed by atoms with Crippen LogP contribution in [-0.4, -0.2) is 24.7 Å². The molecule has 0 aromatic rings. The standard InChI is InChI=1S/C12H25NSSi/c1-5-6-9-13-11-7-8-12(10-11)14-15(2,3)4/h12H,5-10H2,1-4H3. The molecule has 0 amide bonds. The SMILES string of the molecule is CCCCN=C1CCC(S[Si](C)(C)C)C1. The quantitative estimate of drug-likeness (QED) is 0.516. The molecule has 1 fully saturated rings. The molecule has 1 unspecified atom stereocenters. The van der Waals surface area contributed by atoms with Crippen molar-refractivity contribution in [2.45, 2.75) is 63.9 Å². The lowest BCUT2D eigenvalue weighted by molar-refractivity contribution is 0.805. The van der Waals surface area contributed by atoms with E-state index in [0.717, 1.165) is 11.8 Å². The highest BCUT2D eigenvalue weighted by Crippen LogP contribution is 2.34. The molecule has 15 heavy (non-hydrogen) atoms. The van der Waals surface area contributed by atoms with Gasteiger partial charge in [-0.05, 0) is 25.7 Å². The summed E-state index contributed by atoms with van der Waals surface area (Å²) in [5.41, 5.74) is 1.50. The fraction of sp³-hybridized carbons (Fsp3) is 0.917. The Bertz CT molecular complexity index is 220. The summed E-state index contributed by atoms with van der Waals surface area (Å²) in [5.74, 6) is 0. The first kappa shape index (κ1) is 13.3. The lowest BCUT2D eigenvalue weighted by Gasteiger charge is -2.19. The van der Waals surface area contributed by atoms with Gasteiger partial charge in [0.1, 0.15) is 7.22 Å². The second-order valence-electron chi connectivity index (χ2n) is 5.40. The third-order valence-corrected chi connectivity index (χ3v) is 7.15. The average Bonchev–Trinajstić information content (AvgIpc) is 2.50. The van der Waals surface area contributed by atoms with E-state index in [2.05, 4.69) is 37.8 Å². The molecule has 0 bridgehead atoms. The Balaban J connectivity index is 2.29. The van der Waals surface area contributed by atoms with Crippen molar-refractivity contribution in [3.8, 4) is 0 Å². The Morgan fingerprint density at radius 1 is 1.40 bits per heavy atom. The van der Waals surface area contributed by atoms with Gasteiger partial charge in [0.25, 0.3) is 0 Å². The van der Waals surface area contributed by atoms with E-state index in [1.54, 1.807) is 0 Å². The minimum atomic E-state index is -0.928. The van der Waals surface area contributed by atoms with Crippen LogP contribution < -0.4 is 0 Å². The molecule has 1 saturated carbocycles.